The number of carboxylic acid groups (broad SMARTS) is 1. The van der Waals surface area contributed by atoms with Crippen LogP contribution in [0.2, 0.25) is 5.02 Å². The highest BCUT2D eigenvalue weighted by molar-refractivity contribution is 6.32. The van der Waals surface area contributed by atoms with Crippen LogP contribution in [-0.4, -0.2) is 29.6 Å². The summed E-state index contributed by atoms with van der Waals surface area (Å²) in [5.74, 6) is -1.58. The summed E-state index contributed by atoms with van der Waals surface area (Å²) in [4.78, 5) is 22.5. The summed E-state index contributed by atoms with van der Waals surface area (Å²) < 4.78 is 5.33. The molecule has 0 spiro atoms. The van der Waals surface area contributed by atoms with Crippen LogP contribution >= 0.6 is 11.6 Å². The van der Waals surface area contributed by atoms with Gasteiger partial charge in [0.2, 0.25) is 0 Å². The number of aliphatic carboxylic acids is 1. The van der Waals surface area contributed by atoms with Gasteiger partial charge in [-0.1, -0.05) is 17.7 Å². The Morgan fingerprint density at radius 3 is 2.65 bits per heavy atom. The Hall–Kier alpha value is -1.75. The Bertz CT molecular complexity index is 504. The minimum Gasteiger partial charge on any atom is -0.482 e. The number of amides is 1. The molecule has 5 nitrogen and oxygen atoms in total. The maximum Gasteiger partial charge on any atom is 0.308 e. The van der Waals surface area contributed by atoms with E-state index in [9.17, 15) is 9.59 Å². The Morgan fingerprint density at radius 1 is 1.40 bits per heavy atom. The van der Waals surface area contributed by atoms with Gasteiger partial charge in [0, 0.05) is 6.04 Å². The molecule has 1 amide bonds. The van der Waals surface area contributed by atoms with E-state index < -0.39 is 17.9 Å². The zero-order chi connectivity index (χ0) is 15.3. The molecule has 6 heteroatoms. The molecule has 1 aromatic rings. The van der Waals surface area contributed by atoms with Crippen LogP contribution in [0.3, 0.4) is 0 Å². The summed E-state index contributed by atoms with van der Waals surface area (Å²) in [6.45, 7) is 4.85. The number of aryl methyl sites for hydroxylation is 1. The van der Waals surface area contributed by atoms with E-state index in [0.717, 1.165) is 5.56 Å². The quantitative estimate of drug-likeness (QED) is 0.845. The Labute approximate surface area is 122 Å². The van der Waals surface area contributed by atoms with E-state index in [2.05, 4.69) is 5.32 Å². The molecule has 2 N–H and O–H groups in total. The predicted molar refractivity (Wildman–Crippen MR) is 76.1 cm³/mol. The number of halogens is 1. The lowest BCUT2D eigenvalue weighted by molar-refractivity contribution is -0.142. The second-order valence-corrected chi connectivity index (χ2v) is 5.11. The molecule has 0 saturated heterocycles. The Morgan fingerprint density at radius 2 is 2.05 bits per heavy atom. The van der Waals surface area contributed by atoms with Crippen LogP contribution in [-0.2, 0) is 9.59 Å². The van der Waals surface area contributed by atoms with E-state index >= 15 is 0 Å². The molecule has 2 unspecified atom stereocenters. The molecule has 0 fully saturated rings. The normalized spacial score (nSPS) is 13.4. The van der Waals surface area contributed by atoms with Gasteiger partial charge in [-0.25, -0.2) is 0 Å². The van der Waals surface area contributed by atoms with Gasteiger partial charge in [-0.3, -0.25) is 9.59 Å². The van der Waals surface area contributed by atoms with Gasteiger partial charge < -0.3 is 15.2 Å². The highest BCUT2D eigenvalue weighted by Crippen LogP contribution is 2.25. The molecule has 0 aliphatic rings. The molecule has 0 aliphatic carbocycles. The van der Waals surface area contributed by atoms with E-state index in [1.165, 1.54) is 6.92 Å². The van der Waals surface area contributed by atoms with Crippen LogP contribution in [0.4, 0.5) is 0 Å². The fourth-order valence-corrected chi connectivity index (χ4v) is 1.67. The van der Waals surface area contributed by atoms with Gasteiger partial charge in [0.15, 0.2) is 6.61 Å². The van der Waals surface area contributed by atoms with E-state index in [0.29, 0.717) is 10.8 Å². The van der Waals surface area contributed by atoms with Gasteiger partial charge in [0.25, 0.3) is 5.91 Å². The third-order valence-corrected chi connectivity index (χ3v) is 3.29. The molecule has 2 atom stereocenters. The summed E-state index contributed by atoms with van der Waals surface area (Å²) in [5, 5.41) is 11.8. The van der Waals surface area contributed by atoms with Crippen molar-refractivity contribution in [2.24, 2.45) is 5.92 Å². The number of ether oxygens (including phenoxy) is 1. The largest absolute Gasteiger partial charge is 0.482 e. The van der Waals surface area contributed by atoms with Crippen molar-refractivity contribution in [1.29, 1.82) is 0 Å². The van der Waals surface area contributed by atoms with Crippen molar-refractivity contribution in [3.8, 4) is 5.75 Å². The van der Waals surface area contributed by atoms with Gasteiger partial charge in [0.05, 0.1) is 10.9 Å². The zero-order valence-corrected chi connectivity index (χ0v) is 12.4. The smallest absolute Gasteiger partial charge is 0.308 e. The van der Waals surface area contributed by atoms with E-state index in [4.69, 9.17) is 21.4 Å². The second kappa shape index (κ2) is 7.14. The average molecular weight is 300 g/mol. The fourth-order valence-electron chi connectivity index (χ4n) is 1.50. The van der Waals surface area contributed by atoms with E-state index in [-0.39, 0.29) is 12.5 Å². The number of carbonyl (C=O) groups excluding carboxylic acids is 1. The van der Waals surface area contributed by atoms with Crippen molar-refractivity contribution < 1.29 is 19.4 Å². The number of hydrogen-bond donors (Lipinski definition) is 2. The number of rotatable bonds is 6. The molecule has 0 bridgehead atoms. The number of nitrogens with one attached hydrogen (secondary N) is 1. The van der Waals surface area contributed by atoms with Gasteiger partial charge in [-0.05, 0) is 38.5 Å². The van der Waals surface area contributed by atoms with Crippen molar-refractivity contribution in [2.75, 3.05) is 6.61 Å². The molecule has 0 heterocycles. The van der Waals surface area contributed by atoms with Crippen molar-refractivity contribution in [3.05, 3.63) is 28.8 Å². The lowest BCUT2D eigenvalue weighted by Gasteiger charge is -2.18. The molecule has 20 heavy (non-hydrogen) atoms. The highest BCUT2D eigenvalue weighted by Gasteiger charge is 2.21. The molecular formula is C14H18ClNO4. The lowest BCUT2D eigenvalue weighted by atomic mass is 10.0. The maximum absolute atomic E-state index is 11.7. The first-order valence-corrected chi connectivity index (χ1v) is 6.60. The average Bonchev–Trinajstić information content (AvgIpc) is 2.38. The number of benzene rings is 1. The summed E-state index contributed by atoms with van der Waals surface area (Å²) in [6, 6.07) is 4.79. The topological polar surface area (TPSA) is 75.6 Å². The minimum atomic E-state index is -0.958. The molecule has 0 saturated carbocycles. The third kappa shape index (κ3) is 4.74. The van der Waals surface area contributed by atoms with Crippen LogP contribution in [0.5, 0.6) is 5.75 Å². The Balaban J connectivity index is 2.51. The monoisotopic (exact) mass is 299 g/mol. The molecule has 1 aromatic carbocycles. The summed E-state index contributed by atoms with van der Waals surface area (Å²) in [6.07, 6.45) is 0. The van der Waals surface area contributed by atoms with Gasteiger partial charge in [-0.2, -0.15) is 0 Å². The van der Waals surface area contributed by atoms with Crippen LogP contribution < -0.4 is 10.1 Å². The molecule has 0 radical (unpaired) electrons. The first kappa shape index (κ1) is 16.3. The number of carbonyl (C=O) groups is 2. The summed E-state index contributed by atoms with van der Waals surface area (Å²) in [7, 11) is 0. The summed E-state index contributed by atoms with van der Waals surface area (Å²) in [5.41, 5.74) is 0.970. The fraction of sp³-hybridized carbons (Fsp3) is 0.429. The van der Waals surface area contributed by atoms with Crippen molar-refractivity contribution in [3.63, 3.8) is 0 Å². The molecular weight excluding hydrogens is 282 g/mol. The molecule has 0 aromatic heterocycles. The predicted octanol–water partition coefficient (Wildman–Crippen LogP) is 2.25. The maximum atomic E-state index is 11.7. The van der Waals surface area contributed by atoms with Gasteiger partial charge in [-0.15, -0.1) is 0 Å². The highest BCUT2D eigenvalue weighted by atomic mass is 35.5. The van der Waals surface area contributed by atoms with Crippen LogP contribution in [0.25, 0.3) is 0 Å². The second-order valence-electron chi connectivity index (χ2n) is 4.71. The number of hydrogen-bond acceptors (Lipinski definition) is 3. The standard InChI is InChI=1S/C14H18ClNO4/c1-8-4-5-11(15)12(6-8)20-7-13(17)16-10(3)9(2)14(18)19/h4-6,9-10H,7H2,1-3H3,(H,16,17)(H,18,19). The van der Waals surface area contributed by atoms with Gasteiger partial charge in [0.1, 0.15) is 5.75 Å². The first-order valence-electron chi connectivity index (χ1n) is 6.22. The first-order chi connectivity index (χ1) is 9.31. The minimum absolute atomic E-state index is 0.208. The van der Waals surface area contributed by atoms with E-state index in [1.54, 1.807) is 19.1 Å². The number of carboxylic acids is 1. The van der Waals surface area contributed by atoms with Crippen molar-refractivity contribution in [1.82, 2.24) is 5.32 Å². The third-order valence-electron chi connectivity index (χ3n) is 2.97. The zero-order valence-electron chi connectivity index (χ0n) is 11.6. The van der Waals surface area contributed by atoms with Crippen molar-refractivity contribution >= 4 is 23.5 Å². The molecule has 110 valence electrons. The van der Waals surface area contributed by atoms with Gasteiger partial charge >= 0.3 is 5.97 Å². The molecule has 0 aliphatic heterocycles. The molecule has 1 rings (SSSR count). The van der Waals surface area contributed by atoms with Crippen LogP contribution in [0.15, 0.2) is 18.2 Å². The van der Waals surface area contributed by atoms with Crippen LogP contribution in [0, 0.1) is 12.8 Å². The SMILES string of the molecule is Cc1ccc(Cl)c(OCC(=O)NC(C)C(C)C(=O)O)c1. The summed E-state index contributed by atoms with van der Waals surface area (Å²) >= 11 is 5.94. The Kier molecular flexibility index (Phi) is 5.82. The van der Waals surface area contributed by atoms with Crippen molar-refractivity contribution in [2.45, 2.75) is 26.8 Å². The van der Waals surface area contributed by atoms with Crippen LogP contribution in [0.1, 0.15) is 19.4 Å². The van der Waals surface area contributed by atoms with E-state index in [1.807, 2.05) is 13.0 Å². The lowest BCUT2D eigenvalue weighted by Crippen LogP contribution is -2.42.